The molecule has 124 valence electrons. The van der Waals surface area contributed by atoms with Crippen LogP contribution in [0.25, 0.3) is 0 Å². The lowest BCUT2D eigenvalue weighted by atomic mass is 10.0. The summed E-state index contributed by atoms with van der Waals surface area (Å²) in [4.78, 5) is 18.4. The largest absolute Gasteiger partial charge is 0.361 e. The third-order valence-electron chi connectivity index (χ3n) is 4.40. The average Bonchev–Trinajstić information content (AvgIpc) is 3.14. The monoisotopic (exact) mass is 317 g/mol. The van der Waals surface area contributed by atoms with Crippen LogP contribution >= 0.6 is 0 Å². The lowest BCUT2D eigenvalue weighted by Gasteiger charge is -2.32. The summed E-state index contributed by atoms with van der Waals surface area (Å²) in [7, 11) is 0. The van der Waals surface area contributed by atoms with Crippen LogP contribution in [0.3, 0.4) is 0 Å². The molecule has 0 aromatic carbocycles. The summed E-state index contributed by atoms with van der Waals surface area (Å²) in [5, 5.41) is 7.12. The van der Waals surface area contributed by atoms with Crippen LogP contribution in [0.5, 0.6) is 0 Å². The van der Waals surface area contributed by atoms with Crippen LogP contribution in [0.15, 0.2) is 23.2 Å². The molecule has 3 heterocycles. The van der Waals surface area contributed by atoms with Gasteiger partial charge in [0.1, 0.15) is 12.3 Å². The second kappa shape index (κ2) is 6.95. The van der Waals surface area contributed by atoms with Gasteiger partial charge < -0.3 is 14.4 Å². The standard InChI is InChI=1S/C16H23N5O2/c1-12-15(13(2)23-19-12)9-20-6-3-14(4-7-20)18-16(22)10-21-8-5-17-11-21/h5,8,11,14H,3-4,6-7,9-10H2,1-2H3,(H,18,22). The molecule has 7 heteroatoms. The second-order valence-corrected chi connectivity index (χ2v) is 6.16. The maximum Gasteiger partial charge on any atom is 0.240 e. The van der Waals surface area contributed by atoms with Crippen molar-refractivity contribution in [1.82, 2.24) is 24.9 Å². The minimum atomic E-state index is 0.0483. The topological polar surface area (TPSA) is 76.2 Å². The molecule has 23 heavy (non-hydrogen) atoms. The van der Waals surface area contributed by atoms with Crippen LogP contribution in [0.1, 0.15) is 29.9 Å². The minimum absolute atomic E-state index is 0.0483. The Hall–Kier alpha value is -2.15. The molecule has 3 rings (SSSR count). The molecule has 1 amide bonds. The van der Waals surface area contributed by atoms with Gasteiger partial charge in [0.2, 0.25) is 5.91 Å². The predicted octanol–water partition coefficient (Wildman–Crippen LogP) is 1.27. The molecule has 0 bridgehead atoms. The first-order valence-corrected chi connectivity index (χ1v) is 8.01. The quantitative estimate of drug-likeness (QED) is 0.899. The zero-order chi connectivity index (χ0) is 16.2. The maximum atomic E-state index is 12.0. The molecule has 0 saturated carbocycles. The normalized spacial score (nSPS) is 16.6. The Bertz CT molecular complexity index is 622. The van der Waals surface area contributed by atoms with Crippen LogP contribution in [0, 0.1) is 13.8 Å². The summed E-state index contributed by atoms with van der Waals surface area (Å²) in [6.45, 7) is 7.09. The number of rotatable bonds is 5. The van der Waals surface area contributed by atoms with Gasteiger partial charge in [0.05, 0.1) is 12.0 Å². The summed E-state index contributed by atoms with van der Waals surface area (Å²) < 4.78 is 7.00. The van der Waals surface area contributed by atoms with Crippen molar-refractivity contribution in [2.75, 3.05) is 13.1 Å². The van der Waals surface area contributed by atoms with Gasteiger partial charge in [0.15, 0.2) is 0 Å². The van der Waals surface area contributed by atoms with Crippen molar-refractivity contribution in [2.24, 2.45) is 0 Å². The molecule has 1 fully saturated rings. The minimum Gasteiger partial charge on any atom is -0.361 e. The summed E-state index contributed by atoms with van der Waals surface area (Å²) in [5.74, 6) is 0.949. The first-order chi connectivity index (χ1) is 11.1. The number of carbonyl (C=O) groups excluding carboxylic acids is 1. The van der Waals surface area contributed by atoms with Crippen LogP contribution in [0.4, 0.5) is 0 Å². The molecule has 0 radical (unpaired) electrons. The van der Waals surface area contributed by atoms with E-state index in [1.807, 2.05) is 13.8 Å². The van der Waals surface area contributed by atoms with E-state index in [1.165, 1.54) is 5.56 Å². The van der Waals surface area contributed by atoms with Crippen LogP contribution in [-0.2, 0) is 17.9 Å². The van der Waals surface area contributed by atoms with Crippen molar-refractivity contribution in [3.8, 4) is 0 Å². The van der Waals surface area contributed by atoms with Crippen molar-refractivity contribution >= 4 is 5.91 Å². The molecule has 0 atom stereocenters. The number of likely N-dealkylation sites (tertiary alicyclic amines) is 1. The molecule has 0 spiro atoms. The van der Waals surface area contributed by atoms with E-state index in [9.17, 15) is 4.79 Å². The van der Waals surface area contributed by atoms with Gasteiger partial charge in [0, 0.05) is 43.6 Å². The van der Waals surface area contributed by atoms with Crippen LogP contribution in [0.2, 0.25) is 0 Å². The molecule has 0 unspecified atom stereocenters. The van der Waals surface area contributed by atoms with Crippen molar-refractivity contribution in [3.63, 3.8) is 0 Å². The van der Waals surface area contributed by atoms with E-state index in [0.717, 1.165) is 43.9 Å². The molecular weight excluding hydrogens is 294 g/mol. The molecule has 0 aliphatic carbocycles. The fourth-order valence-electron chi connectivity index (χ4n) is 3.01. The Kier molecular flexibility index (Phi) is 4.76. The Morgan fingerprint density at radius 2 is 2.17 bits per heavy atom. The zero-order valence-electron chi connectivity index (χ0n) is 13.7. The molecular formula is C16H23N5O2. The number of hydrogen-bond donors (Lipinski definition) is 1. The second-order valence-electron chi connectivity index (χ2n) is 6.16. The van der Waals surface area contributed by atoms with E-state index in [-0.39, 0.29) is 11.9 Å². The van der Waals surface area contributed by atoms with Gasteiger partial charge in [-0.25, -0.2) is 4.98 Å². The molecule has 2 aromatic rings. The fraction of sp³-hybridized carbons (Fsp3) is 0.562. The number of nitrogens with zero attached hydrogens (tertiary/aromatic N) is 4. The van der Waals surface area contributed by atoms with E-state index >= 15 is 0 Å². The van der Waals surface area contributed by atoms with Crippen molar-refractivity contribution < 1.29 is 9.32 Å². The predicted molar refractivity (Wildman–Crippen MR) is 84.6 cm³/mol. The average molecular weight is 317 g/mol. The number of imidazole rings is 1. The highest BCUT2D eigenvalue weighted by molar-refractivity contribution is 5.76. The van der Waals surface area contributed by atoms with E-state index < -0.39 is 0 Å². The fourth-order valence-corrected chi connectivity index (χ4v) is 3.01. The number of piperidine rings is 1. The lowest BCUT2D eigenvalue weighted by molar-refractivity contribution is -0.122. The van der Waals surface area contributed by atoms with E-state index in [4.69, 9.17) is 4.52 Å². The third-order valence-corrected chi connectivity index (χ3v) is 4.40. The van der Waals surface area contributed by atoms with Crippen LogP contribution in [-0.4, -0.2) is 44.6 Å². The zero-order valence-corrected chi connectivity index (χ0v) is 13.7. The number of carbonyl (C=O) groups is 1. The van der Waals surface area contributed by atoms with Gasteiger partial charge in [-0.3, -0.25) is 9.69 Å². The SMILES string of the molecule is Cc1noc(C)c1CN1CCC(NC(=O)Cn2ccnc2)CC1. The summed E-state index contributed by atoms with van der Waals surface area (Å²) in [6, 6.07) is 0.256. The Labute approximate surface area is 135 Å². The Morgan fingerprint density at radius 3 is 2.78 bits per heavy atom. The van der Waals surface area contributed by atoms with Crippen LogP contribution < -0.4 is 5.32 Å². The Morgan fingerprint density at radius 1 is 1.39 bits per heavy atom. The highest BCUT2D eigenvalue weighted by Crippen LogP contribution is 2.18. The van der Waals surface area contributed by atoms with Gasteiger partial charge >= 0.3 is 0 Å². The lowest BCUT2D eigenvalue weighted by Crippen LogP contribution is -2.45. The molecule has 1 aliphatic heterocycles. The maximum absolute atomic E-state index is 12.0. The first-order valence-electron chi connectivity index (χ1n) is 8.01. The van der Waals surface area contributed by atoms with Crippen molar-refractivity contribution in [2.45, 2.75) is 45.8 Å². The number of aromatic nitrogens is 3. The van der Waals surface area contributed by atoms with Crippen molar-refractivity contribution in [1.29, 1.82) is 0 Å². The van der Waals surface area contributed by atoms with Gasteiger partial charge in [-0.1, -0.05) is 5.16 Å². The molecule has 2 aromatic heterocycles. The van der Waals surface area contributed by atoms with E-state index in [0.29, 0.717) is 6.54 Å². The summed E-state index contributed by atoms with van der Waals surface area (Å²) >= 11 is 0. The third kappa shape index (κ3) is 3.98. The molecule has 1 saturated heterocycles. The number of amides is 1. The number of hydrogen-bond acceptors (Lipinski definition) is 5. The highest BCUT2D eigenvalue weighted by atomic mass is 16.5. The van der Waals surface area contributed by atoms with E-state index in [1.54, 1.807) is 23.3 Å². The van der Waals surface area contributed by atoms with Gasteiger partial charge in [-0.05, 0) is 26.7 Å². The van der Waals surface area contributed by atoms with Gasteiger partial charge in [0.25, 0.3) is 0 Å². The molecule has 7 nitrogen and oxygen atoms in total. The Balaban J connectivity index is 1.44. The van der Waals surface area contributed by atoms with Crippen molar-refractivity contribution in [3.05, 3.63) is 35.7 Å². The highest BCUT2D eigenvalue weighted by Gasteiger charge is 2.22. The molecule has 1 N–H and O–H groups in total. The first kappa shape index (κ1) is 15.7. The number of nitrogens with one attached hydrogen (secondary N) is 1. The van der Waals surface area contributed by atoms with Gasteiger partial charge in [-0.2, -0.15) is 0 Å². The van der Waals surface area contributed by atoms with E-state index in [2.05, 4.69) is 20.4 Å². The summed E-state index contributed by atoms with van der Waals surface area (Å²) in [5.41, 5.74) is 2.16. The summed E-state index contributed by atoms with van der Waals surface area (Å²) in [6.07, 6.45) is 7.08. The molecule has 1 aliphatic rings. The smallest absolute Gasteiger partial charge is 0.240 e. The van der Waals surface area contributed by atoms with Gasteiger partial charge in [-0.15, -0.1) is 0 Å². The number of aryl methyl sites for hydroxylation is 2.